The molecule has 0 aliphatic heterocycles. The van der Waals surface area contributed by atoms with E-state index in [0.29, 0.717) is 23.2 Å². The third-order valence-corrected chi connectivity index (χ3v) is 4.37. The second kappa shape index (κ2) is 9.95. The zero-order valence-electron chi connectivity index (χ0n) is 15.4. The highest BCUT2D eigenvalue weighted by Crippen LogP contribution is 2.32. The van der Waals surface area contributed by atoms with E-state index in [4.69, 9.17) is 17.0 Å². The lowest BCUT2D eigenvalue weighted by atomic mass is 10.0. The number of hydrogen-bond acceptors (Lipinski definition) is 2. The van der Waals surface area contributed by atoms with E-state index in [2.05, 4.69) is 20.9 Å². The van der Waals surface area contributed by atoms with E-state index < -0.39 is 35.1 Å². The van der Waals surface area contributed by atoms with Crippen LogP contribution in [0.5, 0.6) is 0 Å². The fourth-order valence-corrected chi connectivity index (χ4v) is 2.86. The van der Waals surface area contributed by atoms with Crippen LogP contribution in [0.1, 0.15) is 22.4 Å². The van der Waals surface area contributed by atoms with Gasteiger partial charge >= 0.3 is 12.4 Å². The number of aromatic nitrogens is 1. The molecule has 0 atom stereocenters. The third-order valence-electron chi connectivity index (χ3n) is 3.69. The lowest BCUT2D eigenvalue weighted by Crippen LogP contribution is -2.10. The van der Waals surface area contributed by atoms with Gasteiger partial charge in [-0.25, -0.2) is 8.78 Å². The number of alkyl halides is 6. The molecule has 1 aromatic heterocycles. The van der Waals surface area contributed by atoms with Gasteiger partial charge in [0.25, 0.3) is 0 Å². The molecule has 0 amide bonds. The van der Waals surface area contributed by atoms with Crippen LogP contribution >= 0.6 is 27.5 Å². The van der Waals surface area contributed by atoms with E-state index in [1.54, 1.807) is 0 Å². The predicted octanol–water partition coefficient (Wildman–Crippen LogP) is 7.92. The highest BCUT2D eigenvalue weighted by molar-refractivity contribution is 9.10. The summed E-state index contributed by atoms with van der Waals surface area (Å²) in [5, 5.41) is 8.13. The van der Waals surface area contributed by atoms with Crippen LogP contribution < -0.4 is 0 Å². The van der Waals surface area contributed by atoms with Gasteiger partial charge in [-0.1, -0.05) is 27.5 Å². The van der Waals surface area contributed by atoms with E-state index in [-0.39, 0.29) is 21.4 Å². The number of benzene rings is 2. The maximum atomic E-state index is 13.3. The molecule has 1 N–H and O–H groups in total. The second-order valence-corrected chi connectivity index (χ2v) is 7.47. The molecular weight excluding hydrogens is 536 g/mol. The van der Waals surface area contributed by atoms with Crippen molar-refractivity contribution < 1.29 is 35.1 Å². The molecule has 0 spiro atoms. The van der Waals surface area contributed by atoms with Gasteiger partial charge in [0.15, 0.2) is 0 Å². The van der Waals surface area contributed by atoms with Crippen LogP contribution in [-0.4, -0.2) is 10.7 Å². The largest absolute Gasteiger partial charge is 0.416 e. The zero-order chi connectivity index (χ0) is 24.3. The van der Waals surface area contributed by atoms with Crippen LogP contribution in [0.15, 0.2) is 59.2 Å². The Morgan fingerprint density at radius 3 is 1.81 bits per heavy atom. The Morgan fingerprint density at radius 1 is 0.812 bits per heavy atom. The van der Waals surface area contributed by atoms with E-state index in [1.165, 1.54) is 18.3 Å². The Kier molecular flexibility index (Phi) is 8.00. The van der Waals surface area contributed by atoms with Gasteiger partial charge in [0.1, 0.15) is 11.6 Å². The van der Waals surface area contributed by atoms with Crippen molar-refractivity contribution in [3.8, 4) is 0 Å². The first-order chi connectivity index (χ1) is 14.7. The van der Waals surface area contributed by atoms with Crippen molar-refractivity contribution in [3.63, 3.8) is 0 Å². The number of nitrogens with zero attached hydrogens (tertiary/aromatic N) is 1. The van der Waals surface area contributed by atoms with Crippen LogP contribution in [0.2, 0.25) is 5.02 Å². The first-order valence-electron chi connectivity index (χ1n) is 8.29. The second-order valence-electron chi connectivity index (χ2n) is 6.12. The summed E-state index contributed by atoms with van der Waals surface area (Å²) in [5.41, 5.74) is -2.55. The van der Waals surface area contributed by atoms with Crippen molar-refractivity contribution in [1.82, 2.24) is 4.98 Å². The van der Waals surface area contributed by atoms with Gasteiger partial charge in [-0.15, -0.1) is 0 Å². The van der Waals surface area contributed by atoms with Crippen LogP contribution in [0.4, 0.5) is 35.1 Å². The summed E-state index contributed by atoms with van der Waals surface area (Å²) in [7, 11) is 0. The molecule has 0 fully saturated rings. The summed E-state index contributed by atoms with van der Waals surface area (Å²) in [5.74, 6) is -1.97. The molecule has 1 heterocycles. The molecule has 0 aliphatic carbocycles. The smallest absolute Gasteiger partial charge is 0.298 e. The van der Waals surface area contributed by atoms with E-state index in [0.717, 1.165) is 18.2 Å². The lowest BCUT2D eigenvalue weighted by molar-refractivity contribution is -0.138. The highest BCUT2D eigenvalue weighted by atomic mass is 79.9. The fraction of sp³-hybridized carbons (Fsp3) is 0.100. The summed E-state index contributed by atoms with van der Waals surface area (Å²) in [6.07, 6.45) is -7.91. The van der Waals surface area contributed by atoms with Crippen molar-refractivity contribution in [3.05, 3.63) is 98.2 Å². The molecule has 0 radical (unpaired) electrons. The molecule has 170 valence electrons. The summed E-state index contributed by atoms with van der Waals surface area (Å²) in [4.78, 5) is 3.82. The van der Waals surface area contributed by atoms with E-state index in [9.17, 15) is 35.1 Å². The molecule has 0 aliphatic rings. The standard InChI is InChI=1S/C13H7ClF4N2.C7H3BrF4/c14-9-1-2-11(20-6-9)12(19)7-3-8(13(16,17)18)5-10(15)4-7;8-5-1-4(7(10,11)12)2-6(9)3-5/h1-6,19H;1-3H. The van der Waals surface area contributed by atoms with Gasteiger partial charge in [-0.05, 0) is 48.5 Å². The van der Waals surface area contributed by atoms with Crippen LogP contribution in [-0.2, 0) is 12.4 Å². The van der Waals surface area contributed by atoms with Crippen molar-refractivity contribution in [2.75, 3.05) is 0 Å². The quantitative estimate of drug-likeness (QED) is 0.258. The van der Waals surface area contributed by atoms with Crippen molar-refractivity contribution in [1.29, 1.82) is 5.41 Å². The summed E-state index contributed by atoms with van der Waals surface area (Å²) >= 11 is 8.40. The molecule has 3 aromatic rings. The van der Waals surface area contributed by atoms with Gasteiger partial charge in [-0.2, -0.15) is 26.3 Å². The Hall–Kier alpha value is -2.53. The van der Waals surface area contributed by atoms with Crippen LogP contribution in [0.25, 0.3) is 0 Å². The maximum Gasteiger partial charge on any atom is 0.416 e. The van der Waals surface area contributed by atoms with E-state index >= 15 is 0 Å². The summed E-state index contributed by atoms with van der Waals surface area (Å²) < 4.78 is 99.4. The molecular formula is C20H10BrClF8N2. The minimum atomic E-state index is -4.68. The van der Waals surface area contributed by atoms with Gasteiger partial charge < -0.3 is 0 Å². The monoisotopic (exact) mass is 544 g/mol. The number of rotatable bonds is 2. The molecule has 0 bridgehead atoms. The Morgan fingerprint density at radius 2 is 1.34 bits per heavy atom. The molecule has 3 rings (SSSR count). The fourth-order valence-electron chi connectivity index (χ4n) is 2.29. The minimum Gasteiger partial charge on any atom is -0.298 e. The first-order valence-corrected chi connectivity index (χ1v) is 9.46. The maximum absolute atomic E-state index is 13.3. The van der Waals surface area contributed by atoms with E-state index in [1.807, 2.05) is 0 Å². The summed E-state index contributed by atoms with van der Waals surface area (Å²) in [6.45, 7) is 0. The Bertz CT molecular complexity index is 1090. The van der Waals surface area contributed by atoms with Gasteiger partial charge in [-0.3, -0.25) is 10.4 Å². The number of hydrogen-bond donors (Lipinski definition) is 1. The van der Waals surface area contributed by atoms with Gasteiger partial charge in [0, 0.05) is 16.2 Å². The average Bonchev–Trinajstić information content (AvgIpc) is 2.66. The summed E-state index contributed by atoms with van der Waals surface area (Å²) in [6, 6.07) is 7.01. The number of nitrogens with one attached hydrogen (secondary N) is 1. The van der Waals surface area contributed by atoms with Crippen LogP contribution in [0, 0.1) is 17.0 Å². The normalized spacial score (nSPS) is 11.6. The number of pyridine rings is 1. The molecule has 12 heteroatoms. The molecule has 0 saturated carbocycles. The average molecular weight is 546 g/mol. The topological polar surface area (TPSA) is 36.7 Å². The third kappa shape index (κ3) is 7.27. The van der Waals surface area contributed by atoms with Gasteiger partial charge in [0.05, 0.1) is 27.6 Å². The first kappa shape index (κ1) is 25.7. The lowest BCUT2D eigenvalue weighted by Gasteiger charge is -2.10. The Labute approximate surface area is 189 Å². The number of halogens is 10. The molecule has 32 heavy (non-hydrogen) atoms. The van der Waals surface area contributed by atoms with Crippen molar-refractivity contribution in [2.24, 2.45) is 0 Å². The molecule has 0 unspecified atom stereocenters. The predicted molar refractivity (Wildman–Crippen MR) is 106 cm³/mol. The minimum absolute atomic E-state index is 0.0785. The molecule has 0 saturated heterocycles. The molecule has 2 aromatic carbocycles. The Balaban J connectivity index is 0.000000258. The SMILES string of the molecule is Fc1cc(Br)cc(C(F)(F)F)c1.N=C(c1cc(F)cc(C(F)(F)F)c1)c1ccc(Cl)cn1. The molecule has 2 nitrogen and oxygen atoms in total. The van der Waals surface area contributed by atoms with Gasteiger partial charge in [0.2, 0.25) is 0 Å². The highest BCUT2D eigenvalue weighted by Gasteiger charge is 2.32. The van der Waals surface area contributed by atoms with Crippen molar-refractivity contribution in [2.45, 2.75) is 12.4 Å². The van der Waals surface area contributed by atoms with Crippen molar-refractivity contribution >= 4 is 33.2 Å². The zero-order valence-corrected chi connectivity index (χ0v) is 17.8. The van der Waals surface area contributed by atoms with Crippen LogP contribution in [0.3, 0.4) is 0 Å².